The van der Waals surface area contributed by atoms with Crippen molar-refractivity contribution in [3.8, 4) is 0 Å². The van der Waals surface area contributed by atoms with E-state index in [1.54, 1.807) is 12.3 Å². The van der Waals surface area contributed by atoms with Crippen molar-refractivity contribution in [3.05, 3.63) is 24.2 Å². The van der Waals surface area contributed by atoms with Crippen LogP contribution in [0.4, 0.5) is 4.79 Å². The number of nitrogens with one attached hydrogen (secondary N) is 2. The summed E-state index contributed by atoms with van der Waals surface area (Å²) >= 11 is 0. The number of carbonyl (C=O) groups excluding carboxylic acids is 3. The third-order valence-electron chi connectivity index (χ3n) is 5.91. The molecule has 1 aliphatic carbocycles. The molecule has 160 valence electrons. The molecule has 2 N–H and O–H groups in total. The van der Waals surface area contributed by atoms with Gasteiger partial charge in [-0.25, -0.2) is 4.79 Å². The molecule has 1 saturated heterocycles. The fourth-order valence-corrected chi connectivity index (χ4v) is 5.08. The van der Waals surface area contributed by atoms with E-state index in [1.165, 1.54) is 0 Å². The molecule has 2 fully saturated rings. The summed E-state index contributed by atoms with van der Waals surface area (Å²) < 4.78 is 5.44. The zero-order valence-electron chi connectivity index (χ0n) is 17.9. The van der Waals surface area contributed by atoms with Crippen LogP contribution < -0.4 is 10.6 Å². The minimum absolute atomic E-state index is 0.0408. The Hall–Kier alpha value is -2.35. The van der Waals surface area contributed by atoms with E-state index in [0.29, 0.717) is 25.3 Å². The van der Waals surface area contributed by atoms with Crippen LogP contribution >= 0.6 is 0 Å². The van der Waals surface area contributed by atoms with Gasteiger partial charge in [0.2, 0.25) is 5.91 Å². The molecule has 1 spiro atoms. The number of nitrogens with zero attached hydrogens (tertiary/aromatic N) is 2. The number of likely N-dealkylation sites (N-methyl/N-ethyl adjacent to an activating group) is 1. The lowest BCUT2D eigenvalue weighted by atomic mass is 9.64. The van der Waals surface area contributed by atoms with Crippen LogP contribution in [0.1, 0.15) is 51.8 Å². The fraction of sp³-hybridized carbons (Fsp3) is 0.667. The Morgan fingerprint density at radius 2 is 2.10 bits per heavy atom. The van der Waals surface area contributed by atoms with Crippen molar-refractivity contribution < 1.29 is 18.8 Å². The molecule has 3 atom stereocenters. The number of carbonyl (C=O) groups is 3. The van der Waals surface area contributed by atoms with E-state index in [1.807, 2.05) is 25.1 Å². The average Bonchev–Trinajstić information content (AvgIpc) is 3.17. The largest absolute Gasteiger partial charge is 0.468 e. The Morgan fingerprint density at radius 1 is 1.38 bits per heavy atom. The van der Waals surface area contributed by atoms with Crippen LogP contribution in [0.15, 0.2) is 22.8 Å². The third kappa shape index (κ3) is 4.47. The second-order valence-electron chi connectivity index (χ2n) is 9.56. The van der Waals surface area contributed by atoms with Gasteiger partial charge in [-0.2, -0.15) is 0 Å². The van der Waals surface area contributed by atoms with Gasteiger partial charge in [-0.05, 0) is 56.8 Å². The zero-order valence-corrected chi connectivity index (χ0v) is 17.9. The molecule has 4 amide bonds. The summed E-state index contributed by atoms with van der Waals surface area (Å²) in [5, 5.41) is 5.72. The highest BCUT2D eigenvalue weighted by atomic mass is 16.3. The van der Waals surface area contributed by atoms with E-state index in [4.69, 9.17) is 4.42 Å². The number of rotatable bonds is 6. The maximum atomic E-state index is 13.1. The van der Waals surface area contributed by atoms with Crippen LogP contribution in [-0.4, -0.2) is 60.4 Å². The average molecular weight is 405 g/mol. The molecular formula is C21H32N4O4. The zero-order chi connectivity index (χ0) is 21.4. The first-order valence-corrected chi connectivity index (χ1v) is 10.1. The molecule has 8 nitrogen and oxygen atoms in total. The van der Waals surface area contributed by atoms with Crippen molar-refractivity contribution in [3.63, 3.8) is 0 Å². The molecule has 8 heteroatoms. The molecule has 1 saturated carbocycles. The van der Waals surface area contributed by atoms with Gasteiger partial charge in [0.05, 0.1) is 12.3 Å². The lowest BCUT2D eigenvalue weighted by Gasteiger charge is -2.43. The van der Waals surface area contributed by atoms with Crippen molar-refractivity contribution >= 4 is 17.8 Å². The number of imide groups is 1. The lowest BCUT2D eigenvalue weighted by molar-refractivity contribution is -0.137. The topological polar surface area (TPSA) is 94.9 Å². The predicted octanol–water partition coefficient (Wildman–Crippen LogP) is 2.14. The van der Waals surface area contributed by atoms with Crippen LogP contribution in [-0.2, 0) is 9.59 Å². The van der Waals surface area contributed by atoms with Crippen molar-refractivity contribution in [2.45, 2.75) is 51.6 Å². The number of hydrogen-bond acceptors (Lipinski definition) is 5. The molecule has 0 bridgehead atoms. The summed E-state index contributed by atoms with van der Waals surface area (Å²) in [6.45, 7) is 6.38. The Bertz CT molecular complexity index is 774. The Labute approximate surface area is 172 Å². The molecule has 1 aliphatic heterocycles. The van der Waals surface area contributed by atoms with Crippen LogP contribution in [0, 0.1) is 11.3 Å². The lowest BCUT2D eigenvalue weighted by Crippen LogP contribution is -2.54. The van der Waals surface area contributed by atoms with Crippen molar-refractivity contribution in [2.75, 3.05) is 27.2 Å². The van der Waals surface area contributed by atoms with Crippen molar-refractivity contribution in [1.82, 2.24) is 20.4 Å². The van der Waals surface area contributed by atoms with Crippen LogP contribution in [0.3, 0.4) is 0 Å². The van der Waals surface area contributed by atoms with E-state index < -0.39 is 11.6 Å². The van der Waals surface area contributed by atoms with Gasteiger partial charge in [0.15, 0.2) is 0 Å². The van der Waals surface area contributed by atoms with Gasteiger partial charge in [0.1, 0.15) is 17.8 Å². The summed E-state index contributed by atoms with van der Waals surface area (Å²) in [4.78, 5) is 41.2. The van der Waals surface area contributed by atoms with Crippen LogP contribution in [0.5, 0.6) is 0 Å². The number of urea groups is 1. The highest BCUT2D eigenvalue weighted by Gasteiger charge is 2.56. The molecule has 0 radical (unpaired) electrons. The van der Waals surface area contributed by atoms with Gasteiger partial charge in [-0.15, -0.1) is 0 Å². The van der Waals surface area contributed by atoms with E-state index in [9.17, 15) is 14.4 Å². The Kier molecular flexibility index (Phi) is 5.76. The van der Waals surface area contributed by atoms with Gasteiger partial charge in [0, 0.05) is 6.54 Å². The SMILES string of the molecule is C[C@@H]1CC(C)(C)C[C@]2(C1)NC(=O)N(CC(=O)NC[C@H](c1ccco1)N(C)C)C2=O. The van der Waals surface area contributed by atoms with Gasteiger partial charge < -0.3 is 15.1 Å². The fourth-order valence-electron chi connectivity index (χ4n) is 5.08. The molecular weight excluding hydrogens is 372 g/mol. The minimum Gasteiger partial charge on any atom is -0.468 e. The highest BCUT2D eigenvalue weighted by molar-refractivity contribution is 6.09. The molecule has 2 heterocycles. The number of amides is 4. The van der Waals surface area contributed by atoms with E-state index >= 15 is 0 Å². The second kappa shape index (κ2) is 7.82. The molecule has 1 aromatic rings. The Balaban J connectivity index is 1.63. The van der Waals surface area contributed by atoms with Crippen LogP contribution in [0.25, 0.3) is 0 Å². The summed E-state index contributed by atoms with van der Waals surface area (Å²) in [5.74, 6) is 0.410. The van der Waals surface area contributed by atoms with Crippen molar-refractivity contribution in [1.29, 1.82) is 0 Å². The number of furan rings is 1. The first kappa shape index (κ1) is 21.4. The maximum absolute atomic E-state index is 13.1. The van der Waals surface area contributed by atoms with Gasteiger partial charge >= 0.3 is 6.03 Å². The molecule has 3 rings (SSSR count). The maximum Gasteiger partial charge on any atom is 0.325 e. The molecule has 0 aromatic carbocycles. The third-order valence-corrected chi connectivity index (χ3v) is 5.91. The van der Waals surface area contributed by atoms with E-state index in [2.05, 4.69) is 31.4 Å². The van der Waals surface area contributed by atoms with Crippen LogP contribution in [0.2, 0.25) is 0 Å². The Morgan fingerprint density at radius 3 is 2.69 bits per heavy atom. The first-order chi connectivity index (χ1) is 13.5. The second-order valence-corrected chi connectivity index (χ2v) is 9.56. The first-order valence-electron chi connectivity index (χ1n) is 10.1. The summed E-state index contributed by atoms with van der Waals surface area (Å²) in [6.07, 6.45) is 3.80. The molecule has 2 aliphatic rings. The summed E-state index contributed by atoms with van der Waals surface area (Å²) in [5.41, 5.74) is -0.931. The van der Waals surface area contributed by atoms with Gasteiger partial charge in [0.25, 0.3) is 5.91 Å². The smallest absolute Gasteiger partial charge is 0.325 e. The predicted molar refractivity (Wildman–Crippen MR) is 108 cm³/mol. The van der Waals surface area contributed by atoms with Gasteiger partial charge in [-0.1, -0.05) is 20.8 Å². The number of hydrogen-bond donors (Lipinski definition) is 2. The molecule has 29 heavy (non-hydrogen) atoms. The quantitative estimate of drug-likeness (QED) is 0.709. The van der Waals surface area contributed by atoms with E-state index in [0.717, 1.165) is 17.1 Å². The summed E-state index contributed by atoms with van der Waals surface area (Å²) in [6, 6.07) is 3.03. The minimum atomic E-state index is -0.890. The monoisotopic (exact) mass is 404 g/mol. The normalized spacial score (nSPS) is 27.4. The van der Waals surface area contributed by atoms with Gasteiger partial charge in [-0.3, -0.25) is 19.4 Å². The standard InChI is InChI=1S/C21H32N4O4/c1-14-9-20(2,3)13-21(10-14)18(27)25(19(28)23-21)12-17(26)22-11-15(24(4)5)16-7-6-8-29-16/h6-8,14-15H,9-13H2,1-5H3,(H,22,26)(H,23,28)/t14-,15-,21+/m1/s1. The summed E-state index contributed by atoms with van der Waals surface area (Å²) in [7, 11) is 3.79. The molecule has 0 unspecified atom stereocenters. The molecule has 1 aromatic heterocycles. The highest BCUT2D eigenvalue weighted by Crippen LogP contribution is 2.46. The van der Waals surface area contributed by atoms with Crippen molar-refractivity contribution in [2.24, 2.45) is 11.3 Å². The van der Waals surface area contributed by atoms with E-state index in [-0.39, 0.29) is 29.8 Å².